The number of carbonyl (C=O) groups excluding carboxylic acids is 1. The molecule has 16 heavy (non-hydrogen) atoms. The molecule has 4 heteroatoms. The minimum Gasteiger partial charge on any atom is -0.465 e. The van der Waals surface area contributed by atoms with Crippen molar-refractivity contribution in [2.45, 2.75) is 0 Å². The van der Waals surface area contributed by atoms with Crippen LogP contribution in [-0.4, -0.2) is 13.1 Å². The molecule has 0 radical (unpaired) electrons. The normalized spacial score (nSPS) is 10.4. The number of carbonyl (C=O) groups is 1. The van der Waals surface area contributed by atoms with Crippen LogP contribution >= 0.6 is 15.9 Å². The summed E-state index contributed by atoms with van der Waals surface area (Å²) in [7, 11) is 1.34. The number of fused-ring (bicyclic) bond motifs is 1. The molecule has 2 rings (SSSR count). The third-order valence-corrected chi connectivity index (χ3v) is 2.87. The van der Waals surface area contributed by atoms with E-state index in [0.29, 0.717) is 11.3 Å². The van der Waals surface area contributed by atoms with Crippen molar-refractivity contribution < 1.29 is 9.53 Å². The van der Waals surface area contributed by atoms with E-state index in [4.69, 9.17) is 5.73 Å². The Morgan fingerprint density at radius 3 is 2.69 bits per heavy atom. The van der Waals surface area contributed by atoms with Gasteiger partial charge in [0.05, 0.1) is 12.7 Å². The first-order valence-corrected chi connectivity index (χ1v) is 5.48. The molecular formula is C12H10BrNO2. The highest BCUT2D eigenvalue weighted by Gasteiger charge is 2.10. The zero-order chi connectivity index (χ0) is 11.7. The van der Waals surface area contributed by atoms with Crippen LogP contribution in [0.5, 0.6) is 0 Å². The van der Waals surface area contributed by atoms with Crippen LogP contribution in [0.4, 0.5) is 5.69 Å². The molecule has 0 aliphatic heterocycles. The minimum absolute atomic E-state index is 0.396. The van der Waals surface area contributed by atoms with Crippen molar-refractivity contribution in [3.05, 3.63) is 40.4 Å². The number of hydrogen-bond donors (Lipinski definition) is 1. The molecule has 0 fully saturated rings. The maximum absolute atomic E-state index is 11.4. The van der Waals surface area contributed by atoms with Crippen molar-refractivity contribution in [2.24, 2.45) is 0 Å². The number of nitrogen functional groups attached to an aromatic ring is 1. The molecule has 3 nitrogen and oxygen atoms in total. The Bertz CT molecular complexity index is 566. The highest BCUT2D eigenvalue weighted by molar-refractivity contribution is 9.10. The number of benzene rings is 2. The molecule has 2 aromatic rings. The molecule has 0 saturated carbocycles. The third kappa shape index (κ3) is 1.88. The average Bonchev–Trinajstić information content (AvgIpc) is 2.28. The number of rotatable bonds is 1. The summed E-state index contributed by atoms with van der Waals surface area (Å²) in [6.45, 7) is 0. The fourth-order valence-corrected chi connectivity index (χ4v) is 1.95. The lowest BCUT2D eigenvalue weighted by Crippen LogP contribution is -2.05. The van der Waals surface area contributed by atoms with Gasteiger partial charge in [0.25, 0.3) is 0 Å². The Hall–Kier alpha value is -1.55. The average molecular weight is 280 g/mol. The molecule has 0 amide bonds. The van der Waals surface area contributed by atoms with Crippen LogP contribution in [0.1, 0.15) is 10.4 Å². The second-order valence-corrected chi connectivity index (χ2v) is 4.34. The van der Waals surface area contributed by atoms with Crippen molar-refractivity contribution in [1.29, 1.82) is 0 Å². The van der Waals surface area contributed by atoms with E-state index in [1.807, 2.05) is 18.2 Å². The minimum atomic E-state index is -0.417. The molecule has 82 valence electrons. The molecule has 0 atom stereocenters. The number of anilines is 1. The Labute approximate surface area is 101 Å². The Balaban J connectivity index is 2.68. The molecule has 2 N–H and O–H groups in total. The summed E-state index contributed by atoms with van der Waals surface area (Å²) in [6, 6.07) is 9.31. The van der Waals surface area contributed by atoms with E-state index < -0.39 is 5.97 Å². The summed E-state index contributed by atoms with van der Waals surface area (Å²) >= 11 is 3.38. The second kappa shape index (κ2) is 4.14. The molecule has 0 spiro atoms. The zero-order valence-corrected chi connectivity index (χ0v) is 10.2. The Morgan fingerprint density at radius 2 is 2.00 bits per heavy atom. The SMILES string of the molecule is COC(=O)c1cc2cc(Br)ccc2cc1N. The van der Waals surface area contributed by atoms with Crippen molar-refractivity contribution in [3.8, 4) is 0 Å². The van der Waals surface area contributed by atoms with E-state index >= 15 is 0 Å². The lowest BCUT2D eigenvalue weighted by Gasteiger charge is -2.06. The summed E-state index contributed by atoms with van der Waals surface area (Å²) in [5, 5.41) is 1.94. The molecule has 0 heterocycles. The van der Waals surface area contributed by atoms with E-state index in [1.54, 1.807) is 12.1 Å². The Kier molecular flexibility index (Phi) is 2.83. The van der Waals surface area contributed by atoms with E-state index in [0.717, 1.165) is 15.2 Å². The van der Waals surface area contributed by atoms with Gasteiger partial charge in [-0.25, -0.2) is 4.79 Å². The molecule has 0 saturated heterocycles. The lowest BCUT2D eigenvalue weighted by atomic mass is 10.1. The van der Waals surface area contributed by atoms with E-state index in [1.165, 1.54) is 7.11 Å². The third-order valence-electron chi connectivity index (χ3n) is 2.38. The number of hydrogen-bond acceptors (Lipinski definition) is 3. The summed E-state index contributed by atoms with van der Waals surface area (Å²) in [4.78, 5) is 11.4. The van der Waals surface area contributed by atoms with Gasteiger partial charge in [-0.05, 0) is 35.0 Å². The molecule has 2 aromatic carbocycles. The standard InChI is InChI=1S/C12H10BrNO2/c1-16-12(15)10-5-8-4-9(13)3-2-7(8)6-11(10)14/h2-6H,14H2,1H3. The fourth-order valence-electron chi connectivity index (χ4n) is 1.57. The summed E-state index contributed by atoms with van der Waals surface area (Å²) in [5.74, 6) is -0.417. The zero-order valence-electron chi connectivity index (χ0n) is 8.66. The maximum Gasteiger partial charge on any atom is 0.339 e. The number of halogens is 1. The molecule has 0 bridgehead atoms. The maximum atomic E-state index is 11.4. The summed E-state index contributed by atoms with van der Waals surface area (Å²) in [5.41, 5.74) is 6.62. The van der Waals surface area contributed by atoms with E-state index in [-0.39, 0.29) is 0 Å². The molecule has 0 aromatic heterocycles. The van der Waals surface area contributed by atoms with Gasteiger partial charge in [0, 0.05) is 10.2 Å². The smallest absolute Gasteiger partial charge is 0.339 e. The fraction of sp³-hybridized carbons (Fsp3) is 0.0833. The number of esters is 1. The topological polar surface area (TPSA) is 52.3 Å². The van der Waals surface area contributed by atoms with E-state index in [2.05, 4.69) is 20.7 Å². The number of nitrogens with two attached hydrogens (primary N) is 1. The second-order valence-electron chi connectivity index (χ2n) is 3.42. The summed E-state index contributed by atoms with van der Waals surface area (Å²) < 4.78 is 5.62. The first-order valence-electron chi connectivity index (χ1n) is 4.69. The van der Waals surface area contributed by atoms with Crippen LogP contribution < -0.4 is 5.73 Å². The van der Waals surface area contributed by atoms with Gasteiger partial charge in [-0.15, -0.1) is 0 Å². The van der Waals surface area contributed by atoms with Crippen LogP contribution in [0, 0.1) is 0 Å². The number of ether oxygens (including phenoxy) is 1. The van der Waals surface area contributed by atoms with Crippen LogP contribution in [-0.2, 0) is 4.74 Å². The van der Waals surface area contributed by atoms with Crippen LogP contribution in [0.3, 0.4) is 0 Å². The quantitative estimate of drug-likeness (QED) is 0.645. The van der Waals surface area contributed by atoms with Gasteiger partial charge in [0.15, 0.2) is 0 Å². The first kappa shape index (κ1) is 11.0. The van der Waals surface area contributed by atoms with Crippen LogP contribution in [0.2, 0.25) is 0 Å². The van der Waals surface area contributed by atoms with Gasteiger partial charge < -0.3 is 10.5 Å². The molecule has 0 unspecified atom stereocenters. The van der Waals surface area contributed by atoms with Crippen molar-refractivity contribution >= 4 is 38.4 Å². The molecular weight excluding hydrogens is 270 g/mol. The van der Waals surface area contributed by atoms with Crippen molar-refractivity contribution in [3.63, 3.8) is 0 Å². The van der Waals surface area contributed by atoms with Gasteiger partial charge in [-0.2, -0.15) is 0 Å². The molecule has 0 aliphatic carbocycles. The van der Waals surface area contributed by atoms with Crippen molar-refractivity contribution in [2.75, 3.05) is 12.8 Å². The van der Waals surface area contributed by atoms with Crippen LogP contribution in [0.15, 0.2) is 34.8 Å². The lowest BCUT2D eigenvalue weighted by molar-refractivity contribution is 0.0602. The van der Waals surface area contributed by atoms with Gasteiger partial charge in [0.1, 0.15) is 0 Å². The number of methoxy groups -OCH3 is 1. The van der Waals surface area contributed by atoms with Gasteiger partial charge in [-0.3, -0.25) is 0 Å². The summed E-state index contributed by atoms with van der Waals surface area (Å²) in [6.07, 6.45) is 0. The van der Waals surface area contributed by atoms with Gasteiger partial charge >= 0.3 is 5.97 Å². The Morgan fingerprint density at radius 1 is 1.25 bits per heavy atom. The van der Waals surface area contributed by atoms with Crippen LogP contribution in [0.25, 0.3) is 10.8 Å². The van der Waals surface area contributed by atoms with Crippen molar-refractivity contribution in [1.82, 2.24) is 0 Å². The highest BCUT2D eigenvalue weighted by Crippen LogP contribution is 2.25. The largest absolute Gasteiger partial charge is 0.465 e. The van der Waals surface area contributed by atoms with E-state index in [9.17, 15) is 4.79 Å². The highest BCUT2D eigenvalue weighted by atomic mass is 79.9. The van der Waals surface area contributed by atoms with Gasteiger partial charge in [-0.1, -0.05) is 22.0 Å². The molecule has 0 aliphatic rings. The predicted molar refractivity (Wildman–Crippen MR) is 67.4 cm³/mol. The van der Waals surface area contributed by atoms with Gasteiger partial charge in [0.2, 0.25) is 0 Å². The predicted octanol–water partition coefficient (Wildman–Crippen LogP) is 2.97. The monoisotopic (exact) mass is 279 g/mol. The first-order chi connectivity index (χ1) is 7.61.